The van der Waals surface area contributed by atoms with Crippen molar-refractivity contribution in [3.63, 3.8) is 0 Å². The van der Waals surface area contributed by atoms with E-state index in [0.29, 0.717) is 19.3 Å². The number of ether oxygens (including phenoxy) is 3. The second kappa shape index (κ2) is 45.3. The SMILES string of the molecule is CC\C=C/C=C\C=C/C=C\C=C/CCCCCC(=O)OCC(COC(=O)CCCC/C=C\C/C=C\CC)OC(=O)CCCCCCCCCCCCCCCCC. The zero-order valence-corrected chi connectivity index (χ0v) is 36.8. The Bertz CT molecular complexity index is 1140. The lowest BCUT2D eigenvalue weighted by Crippen LogP contribution is -2.30. The second-order valence-electron chi connectivity index (χ2n) is 15.0. The topological polar surface area (TPSA) is 78.9 Å². The van der Waals surface area contributed by atoms with E-state index in [4.69, 9.17) is 14.2 Å². The molecular weight excluding hydrogens is 709 g/mol. The zero-order chi connectivity index (χ0) is 41.5. The molecule has 0 aromatic rings. The van der Waals surface area contributed by atoms with E-state index in [0.717, 1.165) is 83.5 Å². The van der Waals surface area contributed by atoms with Crippen molar-refractivity contribution in [3.05, 3.63) is 85.1 Å². The summed E-state index contributed by atoms with van der Waals surface area (Å²) < 4.78 is 16.6. The lowest BCUT2D eigenvalue weighted by atomic mass is 10.0. The Morgan fingerprint density at radius 2 is 0.772 bits per heavy atom. The van der Waals surface area contributed by atoms with Gasteiger partial charge in [0.05, 0.1) is 0 Å². The molecule has 0 aliphatic heterocycles. The number of allylic oxidation sites excluding steroid dienone is 14. The summed E-state index contributed by atoms with van der Waals surface area (Å²) in [7, 11) is 0. The first-order valence-corrected chi connectivity index (χ1v) is 23.2. The summed E-state index contributed by atoms with van der Waals surface area (Å²) in [5, 5.41) is 0. The molecule has 0 radical (unpaired) electrons. The molecule has 0 heterocycles. The average Bonchev–Trinajstić information content (AvgIpc) is 3.21. The maximum absolute atomic E-state index is 12.7. The normalized spacial score (nSPS) is 12.8. The van der Waals surface area contributed by atoms with Gasteiger partial charge in [0.2, 0.25) is 0 Å². The standard InChI is InChI=1S/C51H84O6/c1-4-7-10-13-16-19-21-23-25-27-29-32-35-38-41-44-50(53)56-47-48(46-55-49(52)43-40-37-34-31-18-15-12-9-6-3)57-51(54)45-42-39-36-33-30-28-26-24-22-20-17-14-11-8-5-2/h7,9-10,12-13,16,18-19,21,23,25,27,29,31,48H,4-6,8,11,14-15,17,20,22,24,26,28,30,32-47H2,1-3H3/b10-7-,12-9-,16-13-,21-19-,25-23-,29-27-,31-18-. The van der Waals surface area contributed by atoms with Crippen LogP contribution >= 0.6 is 0 Å². The summed E-state index contributed by atoms with van der Waals surface area (Å²) in [5.41, 5.74) is 0. The maximum atomic E-state index is 12.7. The van der Waals surface area contributed by atoms with Gasteiger partial charge in [-0.1, -0.05) is 202 Å². The molecule has 0 aliphatic carbocycles. The Morgan fingerprint density at radius 1 is 0.386 bits per heavy atom. The van der Waals surface area contributed by atoms with Crippen LogP contribution < -0.4 is 0 Å². The van der Waals surface area contributed by atoms with Crippen molar-refractivity contribution in [2.45, 2.75) is 207 Å². The van der Waals surface area contributed by atoms with Crippen LogP contribution in [0.4, 0.5) is 0 Å². The maximum Gasteiger partial charge on any atom is 0.306 e. The van der Waals surface area contributed by atoms with Gasteiger partial charge >= 0.3 is 17.9 Å². The Hall–Kier alpha value is -3.41. The van der Waals surface area contributed by atoms with E-state index in [1.165, 1.54) is 77.0 Å². The van der Waals surface area contributed by atoms with Gasteiger partial charge in [0.15, 0.2) is 6.10 Å². The molecule has 0 saturated carbocycles. The number of carbonyl (C=O) groups is 3. The van der Waals surface area contributed by atoms with Crippen molar-refractivity contribution in [2.75, 3.05) is 13.2 Å². The van der Waals surface area contributed by atoms with Crippen LogP contribution in [0.3, 0.4) is 0 Å². The number of hydrogen-bond acceptors (Lipinski definition) is 6. The lowest BCUT2D eigenvalue weighted by molar-refractivity contribution is -0.167. The first-order chi connectivity index (χ1) is 28.0. The van der Waals surface area contributed by atoms with E-state index in [2.05, 4.69) is 57.2 Å². The third-order valence-electron chi connectivity index (χ3n) is 9.52. The fourth-order valence-electron chi connectivity index (χ4n) is 6.09. The molecule has 0 spiro atoms. The molecule has 6 heteroatoms. The van der Waals surface area contributed by atoms with E-state index in [1.807, 2.05) is 48.6 Å². The first-order valence-electron chi connectivity index (χ1n) is 23.2. The van der Waals surface area contributed by atoms with Gasteiger partial charge in [-0.15, -0.1) is 0 Å². The van der Waals surface area contributed by atoms with Gasteiger partial charge in [0, 0.05) is 19.3 Å². The predicted molar refractivity (Wildman–Crippen MR) is 242 cm³/mol. The molecule has 57 heavy (non-hydrogen) atoms. The predicted octanol–water partition coefficient (Wildman–Crippen LogP) is 14.9. The summed E-state index contributed by atoms with van der Waals surface area (Å²) >= 11 is 0. The molecule has 0 saturated heterocycles. The van der Waals surface area contributed by atoms with Gasteiger partial charge in [-0.05, 0) is 64.2 Å². The minimum atomic E-state index is -0.803. The van der Waals surface area contributed by atoms with Crippen molar-refractivity contribution in [3.8, 4) is 0 Å². The molecule has 0 bridgehead atoms. The Labute approximate surface area is 350 Å². The highest BCUT2D eigenvalue weighted by atomic mass is 16.6. The van der Waals surface area contributed by atoms with Gasteiger partial charge < -0.3 is 14.2 Å². The van der Waals surface area contributed by atoms with Crippen molar-refractivity contribution < 1.29 is 28.6 Å². The number of hydrogen-bond donors (Lipinski definition) is 0. The zero-order valence-electron chi connectivity index (χ0n) is 36.8. The van der Waals surface area contributed by atoms with Crippen LogP contribution in [0.2, 0.25) is 0 Å². The molecule has 0 rings (SSSR count). The largest absolute Gasteiger partial charge is 0.462 e. The molecular formula is C51H84O6. The summed E-state index contributed by atoms with van der Waals surface area (Å²) in [6, 6.07) is 0. The summed E-state index contributed by atoms with van der Waals surface area (Å²) in [5.74, 6) is -0.987. The van der Waals surface area contributed by atoms with Crippen LogP contribution in [-0.4, -0.2) is 37.2 Å². The minimum Gasteiger partial charge on any atom is -0.462 e. The van der Waals surface area contributed by atoms with Gasteiger partial charge in [-0.3, -0.25) is 14.4 Å². The van der Waals surface area contributed by atoms with E-state index in [-0.39, 0.29) is 31.1 Å². The lowest BCUT2D eigenvalue weighted by Gasteiger charge is -2.18. The molecule has 0 aromatic heterocycles. The summed E-state index contributed by atoms with van der Waals surface area (Å²) in [6.07, 6.45) is 57.2. The number of rotatable bonds is 40. The van der Waals surface area contributed by atoms with Crippen molar-refractivity contribution in [2.24, 2.45) is 0 Å². The highest BCUT2D eigenvalue weighted by molar-refractivity contribution is 5.71. The van der Waals surface area contributed by atoms with Crippen molar-refractivity contribution in [1.29, 1.82) is 0 Å². The van der Waals surface area contributed by atoms with Gasteiger partial charge in [0.1, 0.15) is 13.2 Å². The monoisotopic (exact) mass is 793 g/mol. The molecule has 6 nitrogen and oxygen atoms in total. The fraction of sp³-hybridized carbons (Fsp3) is 0.667. The number of unbranched alkanes of at least 4 members (excludes halogenated alkanes) is 19. The van der Waals surface area contributed by atoms with Crippen LogP contribution in [0, 0.1) is 0 Å². The Balaban J connectivity index is 4.45. The van der Waals surface area contributed by atoms with E-state index < -0.39 is 6.10 Å². The third-order valence-corrected chi connectivity index (χ3v) is 9.52. The van der Waals surface area contributed by atoms with Gasteiger partial charge in [0.25, 0.3) is 0 Å². The fourth-order valence-corrected chi connectivity index (χ4v) is 6.09. The van der Waals surface area contributed by atoms with Crippen LogP contribution in [-0.2, 0) is 28.6 Å². The first kappa shape index (κ1) is 53.6. The molecule has 0 fully saturated rings. The van der Waals surface area contributed by atoms with E-state index >= 15 is 0 Å². The van der Waals surface area contributed by atoms with E-state index in [1.54, 1.807) is 0 Å². The van der Waals surface area contributed by atoms with Gasteiger partial charge in [-0.2, -0.15) is 0 Å². The number of carbonyl (C=O) groups excluding carboxylic acids is 3. The molecule has 0 N–H and O–H groups in total. The number of esters is 3. The molecule has 1 atom stereocenters. The van der Waals surface area contributed by atoms with Crippen LogP contribution in [0.15, 0.2) is 85.1 Å². The van der Waals surface area contributed by atoms with Crippen molar-refractivity contribution >= 4 is 17.9 Å². The van der Waals surface area contributed by atoms with Gasteiger partial charge in [-0.25, -0.2) is 0 Å². The van der Waals surface area contributed by atoms with Crippen molar-refractivity contribution in [1.82, 2.24) is 0 Å². The second-order valence-corrected chi connectivity index (χ2v) is 15.0. The highest BCUT2D eigenvalue weighted by Crippen LogP contribution is 2.15. The van der Waals surface area contributed by atoms with E-state index in [9.17, 15) is 14.4 Å². The van der Waals surface area contributed by atoms with Crippen LogP contribution in [0.5, 0.6) is 0 Å². The molecule has 1 unspecified atom stereocenters. The highest BCUT2D eigenvalue weighted by Gasteiger charge is 2.19. The third kappa shape index (κ3) is 43.6. The average molecular weight is 793 g/mol. The molecule has 0 amide bonds. The Kier molecular flexibility index (Phi) is 42.6. The van der Waals surface area contributed by atoms with Crippen LogP contribution in [0.1, 0.15) is 201 Å². The van der Waals surface area contributed by atoms with Crippen LogP contribution in [0.25, 0.3) is 0 Å². The minimum absolute atomic E-state index is 0.107. The summed E-state index contributed by atoms with van der Waals surface area (Å²) in [4.78, 5) is 37.7. The Morgan fingerprint density at radius 3 is 1.30 bits per heavy atom. The molecule has 324 valence electrons. The molecule has 0 aliphatic rings. The molecule has 0 aromatic carbocycles. The summed E-state index contributed by atoms with van der Waals surface area (Å²) in [6.45, 7) is 6.29. The quantitative estimate of drug-likeness (QED) is 0.0202. The smallest absolute Gasteiger partial charge is 0.306 e.